The maximum absolute atomic E-state index is 14.9. The number of esters is 1. The van der Waals surface area contributed by atoms with E-state index in [9.17, 15) is 27.2 Å². The zero-order valence-corrected chi connectivity index (χ0v) is 23.4. The smallest absolute Gasteiger partial charge is 0.401 e. The van der Waals surface area contributed by atoms with Crippen molar-refractivity contribution < 1.29 is 36.4 Å². The molecule has 10 nitrogen and oxygen atoms in total. The molecule has 1 aliphatic rings. The molecular weight excluding hydrogens is 572 g/mol. The lowest BCUT2D eigenvalue weighted by Crippen LogP contribution is -2.28. The molecule has 5 rings (SSSR count). The van der Waals surface area contributed by atoms with Crippen LogP contribution in [0, 0.1) is 5.82 Å². The fourth-order valence-electron chi connectivity index (χ4n) is 4.70. The van der Waals surface area contributed by atoms with Gasteiger partial charge in [-0.05, 0) is 36.5 Å². The van der Waals surface area contributed by atoms with Crippen molar-refractivity contribution in [2.24, 2.45) is 0 Å². The Kier molecular flexibility index (Phi) is 8.29. The Hall–Kier alpha value is -4.62. The number of carbonyl (C=O) groups is 2. The van der Waals surface area contributed by atoms with Crippen molar-refractivity contribution >= 4 is 17.7 Å². The third-order valence-corrected chi connectivity index (χ3v) is 7.22. The van der Waals surface area contributed by atoms with E-state index in [2.05, 4.69) is 25.5 Å². The first kappa shape index (κ1) is 29.9. The van der Waals surface area contributed by atoms with Gasteiger partial charge in [-0.1, -0.05) is 24.2 Å². The molecule has 1 saturated carbocycles. The summed E-state index contributed by atoms with van der Waals surface area (Å²) in [7, 11) is 0. The highest BCUT2D eigenvalue weighted by molar-refractivity contribution is 5.91. The van der Waals surface area contributed by atoms with E-state index in [-0.39, 0.29) is 49.0 Å². The molecule has 3 heterocycles. The lowest BCUT2D eigenvalue weighted by molar-refractivity contribution is -0.165. The van der Waals surface area contributed by atoms with Gasteiger partial charge in [0.2, 0.25) is 5.91 Å². The van der Waals surface area contributed by atoms with E-state index in [1.807, 2.05) is 13.1 Å². The monoisotopic (exact) mass is 600 g/mol. The standard InChI is InChI=1S/C29H28F4N6O4/c1-3-23-20(16-39(37-23)8-9-42-17(2)40)11-25-34-14-21(15-35-25)18-4-5-19(22(30)10-18)12-27(41)36-26-13-24(43-38-26)28(6-7-28)29(31,32)33/h4-5,10,13-16H,3,6-9,11-12H2,1-2H3,(H,36,38,41). The van der Waals surface area contributed by atoms with Gasteiger partial charge >= 0.3 is 12.1 Å². The summed E-state index contributed by atoms with van der Waals surface area (Å²) in [6.45, 7) is 3.99. The van der Waals surface area contributed by atoms with Crippen LogP contribution in [-0.2, 0) is 45.5 Å². The van der Waals surface area contributed by atoms with Gasteiger partial charge in [0.05, 0.1) is 18.7 Å². The second-order valence-corrected chi connectivity index (χ2v) is 10.3. The first-order chi connectivity index (χ1) is 20.5. The van der Waals surface area contributed by atoms with E-state index in [4.69, 9.17) is 9.26 Å². The number of ether oxygens (including phenoxy) is 1. The third kappa shape index (κ3) is 6.73. The summed E-state index contributed by atoms with van der Waals surface area (Å²) < 4.78 is 66.3. The highest BCUT2D eigenvalue weighted by Gasteiger charge is 2.66. The Balaban J connectivity index is 1.19. The van der Waals surface area contributed by atoms with Crippen LogP contribution in [-0.4, -0.2) is 49.6 Å². The van der Waals surface area contributed by atoms with Crippen molar-refractivity contribution in [3.8, 4) is 11.1 Å². The molecule has 1 aromatic carbocycles. The molecule has 1 amide bonds. The normalized spacial score (nSPS) is 14.0. The van der Waals surface area contributed by atoms with Crippen molar-refractivity contribution in [2.75, 3.05) is 11.9 Å². The number of aryl methyl sites for hydroxylation is 1. The zero-order valence-electron chi connectivity index (χ0n) is 23.4. The molecule has 1 aliphatic carbocycles. The summed E-state index contributed by atoms with van der Waals surface area (Å²) >= 11 is 0. The molecule has 0 saturated heterocycles. The first-order valence-electron chi connectivity index (χ1n) is 13.6. The van der Waals surface area contributed by atoms with Gasteiger partial charge in [-0.3, -0.25) is 14.3 Å². The molecule has 0 spiro atoms. The molecule has 1 fully saturated rings. The Bertz CT molecular complexity index is 1630. The van der Waals surface area contributed by atoms with Crippen LogP contribution in [0.1, 0.15) is 55.1 Å². The highest BCUT2D eigenvalue weighted by Crippen LogP contribution is 2.59. The molecule has 0 atom stereocenters. The van der Waals surface area contributed by atoms with Crippen LogP contribution in [0.3, 0.4) is 0 Å². The van der Waals surface area contributed by atoms with Crippen molar-refractivity contribution in [3.63, 3.8) is 0 Å². The van der Waals surface area contributed by atoms with Gasteiger partial charge in [-0.25, -0.2) is 14.4 Å². The minimum absolute atomic E-state index is 0.0919. The number of amides is 1. The second-order valence-electron chi connectivity index (χ2n) is 10.3. The summed E-state index contributed by atoms with van der Waals surface area (Å²) in [5, 5.41) is 10.4. The summed E-state index contributed by atoms with van der Waals surface area (Å²) in [5.41, 5.74) is 0.940. The van der Waals surface area contributed by atoms with Crippen LogP contribution in [0.5, 0.6) is 0 Å². The van der Waals surface area contributed by atoms with Gasteiger partial charge in [0.15, 0.2) is 11.6 Å². The Morgan fingerprint density at radius 1 is 1.12 bits per heavy atom. The van der Waals surface area contributed by atoms with Crippen molar-refractivity contribution in [1.29, 1.82) is 0 Å². The van der Waals surface area contributed by atoms with E-state index >= 15 is 0 Å². The van der Waals surface area contributed by atoms with E-state index in [1.54, 1.807) is 23.1 Å². The van der Waals surface area contributed by atoms with Gasteiger partial charge in [0.25, 0.3) is 0 Å². The fourth-order valence-corrected chi connectivity index (χ4v) is 4.70. The number of aromatic nitrogens is 5. The predicted molar refractivity (Wildman–Crippen MR) is 144 cm³/mol. The van der Waals surface area contributed by atoms with Crippen LogP contribution < -0.4 is 5.32 Å². The molecule has 14 heteroatoms. The molecule has 0 bridgehead atoms. The summed E-state index contributed by atoms with van der Waals surface area (Å²) in [5.74, 6) is -1.61. The van der Waals surface area contributed by atoms with Crippen molar-refractivity contribution in [3.05, 3.63) is 77.1 Å². The number of rotatable bonds is 11. The van der Waals surface area contributed by atoms with Crippen LogP contribution >= 0.6 is 0 Å². The number of hydrogen-bond donors (Lipinski definition) is 1. The molecule has 0 aliphatic heterocycles. The predicted octanol–water partition coefficient (Wildman–Crippen LogP) is 4.96. The number of nitrogens with zero attached hydrogens (tertiary/aromatic N) is 5. The van der Waals surface area contributed by atoms with E-state index in [1.165, 1.54) is 19.1 Å². The number of halogens is 4. The van der Waals surface area contributed by atoms with Crippen LogP contribution in [0.2, 0.25) is 0 Å². The Morgan fingerprint density at radius 3 is 2.49 bits per heavy atom. The molecule has 0 radical (unpaired) electrons. The van der Waals surface area contributed by atoms with Gasteiger partial charge in [0.1, 0.15) is 23.7 Å². The van der Waals surface area contributed by atoms with Gasteiger partial charge in [0, 0.05) is 49.1 Å². The van der Waals surface area contributed by atoms with Gasteiger partial charge in [-0.2, -0.15) is 18.3 Å². The summed E-state index contributed by atoms with van der Waals surface area (Å²) in [6, 6.07) is 5.40. The average Bonchev–Trinajstić information content (AvgIpc) is 3.51. The second kappa shape index (κ2) is 11.9. The number of carbonyl (C=O) groups excluding carboxylic acids is 2. The number of hydrogen-bond acceptors (Lipinski definition) is 8. The summed E-state index contributed by atoms with van der Waals surface area (Å²) in [6.07, 6.45) is 1.14. The molecule has 3 aromatic heterocycles. The molecule has 43 heavy (non-hydrogen) atoms. The molecular formula is C29H28F4N6O4. The first-order valence-corrected chi connectivity index (χ1v) is 13.6. The number of anilines is 1. The minimum Gasteiger partial charge on any atom is -0.464 e. The quantitative estimate of drug-likeness (QED) is 0.189. The fraction of sp³-hybridized carbons (Fsp3) is 0.379. The molecule has 0 unspecified atom stereocenters. The van der Waals surface area contributed by atoms with Gasteiger partial charge < -0.3 is 14.6 Å². The lowest BCUT2D eigenvalue weighted by atomic mass is 10.0. The maximum Gasteiger partial charge on any atom is 0.401 e. The van der Waals surface area contributed by atoms with Crippen LogP contribution in [0.4, 0.5) is 23.4 Å². The van der Waals surface area contributed by atoms with E-state index < -0.39 is 23.3 Å². The Morgan fingerprint density at radius 2 is 1.86 bits per heavy atom. The largest absolute Gasteiger partial charge is 0.464 e. The lowest BCUT2D eigenvalue weighted by Gasteiger charge is -2.14. The molecule has 1 N–H and O–H groups in total. The van der Waals surface area contributed by atoms with Crippen molar-refractivity contribution in [2.45, 2.75) is 64.1 Å². The minimum atomic E-state index is -4.47. The van der Waals surface area contributed by atoms with Gasteiger partial charge in [-0.15, -0.1) is 0 Å². The van der Waals surface area contributed by atoms with E-state index in [0.29, 0.717) is 36.3 Å². The SMILES string of the molecule is CCc1nn(CCOC(C)=O)cc1Cc1ncc(-c2ccc(CC(=O)Nc3cc(C4(C(F)(F)F)CC4)on3)c(F)c2)cn1. The number of alkyl halides is 3. The highest BCUT2D eigenvalue weighted by atomic mass is 19.4. The van der Waals surface area contributed by atoms with E-state index in [0.717, 1.165) is 17.3 Å². The summed E-state index contributed by atoms with van der Waals surface area (Å²) in [4.78, 5) is 32.3. The molecule has 4 aromatic rings. The van der Waals surface area contributed by atoms with Crippen LogP contribution in [0.15, 0.2) is 47.4 Å². The zero-order chi connectivity index (χ0) is 30.8. The van der Waals surface area contributed by atoms with Crippen LogP contribution in [0.25, 0.3) is 11.1 Å². The number of benzene rings is 1. The molecule has 226 valence electrons. The Labute approximate surface area is 243 Å². The third-order valence-electron chi connectivity index (χ3n) is 7.22. The van der Waals surface area contributed by atoms with Crippen molar-refractivity contribution in [1.82, 2.24) is 24.9 Å². The maximum atomic E-state index is 14.9. The topological polar surface area (TPSA) is 125 Å². The number of nitrogens with one attached hydrogen (secondary N) is 1. The average molecular weight is 601 g/mol.